The Hall–Kier alpha value is -2.35. The van der Waals surface area contributed by atoms with Crippen LogP contribution in [0.2, 0.25) is 0 Å². The first-order chi connectivity index (χ1) is 12.8. The molecule has 150 valence electrons. The molecule has 0 bridgehead atoms. The number of rotatable bonds is 2. The minimum absolute atomic E-state index is 0.325. The minimum Gasteiger partial charge on any atom is -0.493 e. The van der Waals surface area contributed by atoms with Crippen molar-refractivity contribution in [3.8, 4) is 17.6 Å². The van der Waals surface area contributed by atoms with Crippen molar-refractivity contribution in [2.24, 2.45) is 0 Å². The highest BCUT2D eigenvalue weighted by atomic mass is 79.9. The molecule has 0 N–H and O–H groups in total. The van der Waals surface area contributed by atoms with E-state index in [0.717, 1.165) is 0 Å². The molecule has 0 unspecified atom stereocenters. The summed E-state index contributed by atoms with van der Waals surface area (Å²) in [4.78, 5) is 3.44. The van der Waals surface area contributed by atoms with Gasteiger partial charge in [-0.3, -0.25) is 0 Å². The summed E-state index contributed by atoms with van der Waals surface area (Å²) in [6.07, 6.45) is -13.1. The largest absolute Gasteiger partial charge is 0.493 e. The van der Waals surface area contributed by atoms with Crippen LogP contribution in [0.1, 0.15) is 16.8 Å². The average molecular weight is 474 g/mol. The molecule has 0 atom stereocenters. The first-order valence-electron chi connectivity index (χ1n) is 7.17. The molecule has 1 heterocycles. The van der Waals surface area contributed by atoms with Gasteiger partial charge in [-0.25, -0.2) is 13.8 Å². The van der Waals surface area contributed by atoms with Crippen LogP contribution in [-0.2, 0) is 5.67 Å². The number of methoxy groups -OCH3 is 1. The van der Waals surface area contributed by atoms with E-state index in [0.29, 0.717) is 12.7 Å². The van der Waals surface area contributed by atoms with Gasteiger partial charge >= 0.3 is 18.0 Å². The zero-order valence-corrected chi connectivity index (χ0v) is 15.2. The lowest BCUT2D eigenvalue weighted by molar-refractivity contribution is -0.349. The van der Waals surface area contributed by atoms with Crippen molar-refractivity contribution in [1.82, 2.24) is 4.98 Å². The Labute approximate surface area is 161 Å². The monoisotopic (exact) mass is 473 g/mol. The summed E-state index contributed by atoms with van der Waals surface area (Å²) >= 11 is 2.40. The number of halogens is 9. The predicted octanol–water partition coefficient (Wildman–Crippen LogP) is 5.68. The summed E-state index contributed by atoms with van der Waals surface area (Å²) < 4.78 is 111. The van der Waals surface area contributed by atoms with Gasteiger partial charge in [0.1, 0.15) is 4.60 Å². The summed E-state index contributed by atoms with van der Waals surface area (Å²) in [5.41, 5.74) is -8.95. The van der Waals surface area contributed by atoms with Crippen molar-refractivity contribution >= 4 is 15.9 Å². The summed E-state index contributed by atoms with van der Waals surface area (Å²) in [5.74, 6) is 0.973. The average Bonchev–Trinajstić information content (AvgIpc) is 2.60. The number of nitrogens with zero attached hydrogens (tertiary/aromatic N) is 1. The summed E-state index contributed by atoms with van der Waals surface area (Å²) in [7, 11) is 0.648. The Kier molecular flexibility index (Phi) is 5.94. The molecule has 0 radical (unpaired) electrons. The first kappa shape index (κ1) is 21.9. The smallest absolute Gasteiger partial charge is 0.436 e. The van der Waals surface area contributed by atoms with Crippen molar-refractivity contribution < 1.29 is 39.9 Å². The van der Waals surface area contributed by atoms with Crippen LogP contribution in [0.25, 0.3) is 0 Å². The van der Waals surface area contributed by atoms with Crippen molar-refractivity contribution in [1.29, 1.82) is 0 Å². The Bertz CT molecular complexity index is 915. The number of alkyl halides is 7. The van der Waals surface area contributed by atoms with E-state index in [4.69, 9.17) is 0 Å². The summed E-state index contributed by atoms with van der Waals surface area (Å²) in [6.45, 7) is 0. The third-order valence-corrected chi connectivity index (χ3v) is 4.01. The molecule has 0 amide bonds. The van der Waals surface area contributed by atoms with Crippen LogP contribution in [0.3, 0.4) is 0 Å². The molecule has 11 heteroatoms. The molecule has 0 spiro atoms. The van der Waals surface area contributed by atoms with Gasteiger partial charge in [-0.15, -0.1) is 0 Å². The molecule has 2 aromatic rings. The van der Waals surface area contributed by atoms with Crippen molar-refractivity contribution in [2.45, 2.75) is 18.0 Å². The lowest BCUT2D eigenvalue weighted by atomic mass is 9.92. The van der Waals surface area contributed by atoms with Crippen molar-refractivity contribution in [2.75, 3.05) is 7.11 Å². The van der Waals surface area contributed by atoms with E-state index in [1.165, 1.54) is 12.1 Å². The Morgan fingerprint density at radius 1 is 0.929 bits per heavy atom. The lowest BCUT2D eigenvalue weighted by Gasteiger charge is -2.31. The number of hydrogen-bond donors (Lipinski definition) is 0. The Balaban J connectivity index is 2.86. The number of benzene rings is 1. The van der Waals surface area contributed by atoms with Gasteiger partial charge in [-0.05, 0) is 34.0 Å². The maximum Gasteiger partial charge on any atom is 0.436 e. The maximum absolute atomic E-state index is 14.5. The highest BCUT2D eigenvalue weighted by Gasteiger charge is 2.75. The summed E-state index contributed by atoms with van der Waals surface area (Å²) in [6, 6.07) is 7.76. The standard InChI is InChI=1S/C17H8BrF8NO/c1-28-13-10(8-7-9-5-3-2-4-6-9)27-14(18)12(19)11(13)15(20,16(21,22)23)17(24,25)26/h2-6H,1H3. The molecule has 2 nitrogen and oxygen atoms in total. The molecule has 2 rings (SSSR count). The van der Waals surface area contributed by atoms with E-state index >= 15 is 0 Å². The van der Waals surface area contributed by atoms with E-state index in [1.807, 2.05) is 0 Å². The topological polar surface area (TPSA) is 22.1 Å². The van der Waals surface area contributed by atoms with Crippen molar-refractivity contribution in [3.63, 3.8) is 0 Å². The van der Waals surface area contributed by atoms with Crippen LogP contribution < -0.4 is 4.74 Å². The second kappa shape index (κ2) is 7.58. The molecule has 0 aliphatic heterocycles. The molecular weight excluding hydrogens is 466 g/mol. The molecule has 0 saturated carbocycles. The lowest BCUT2D eigenvalue weighted by Crippen LogP contribution is -2.51. The van der Waals surface area contributed by atoms with Crippen LogP contribution >= 0.6 is 15.9 Å². The molecule has 0 aliphatic rings. The molecule has 28 heavy (non-hydrogen) atoms. The zero-order chi connectivity index (χ0) is 21.3. The van der Waals surface area contributed by atoms with Gasteiger partial charge in [0.05, 0.1) is 12.7 Å². The number of aromatic nitrogens is 1. The quantitative estimate of drug-likeness (QED) is 0.318. The second-order valence-corrected chi connectivity index (χ2v) is 5.99. The number of hydrogen-bond acceptors (Lipinski definition) is 2. The van der Waals surface area contributed by atoms with Gasteiger partial charge in [0, 0.05) is 5.56 Å². The molecule has 0 fully saturated rings. The van der Waals surface area contributed by atoms with E-state index in [-0.39, 0.29) is 0 Å². The fraction of sp³-hybridized carbons (Fsp3) is 0.235. The van der Waals surface area contributed by atoms with E-state index in [9.17, 15) is 35.1 Å². The zero-order valence-electron chi connectivity index (χ0n) is 13.6. The van der Waals surface area contributed by atoms with Gasteiger partial charge in [0.2, 0.25) is 0 Å². The fourth-order valence-electron chi connectivity index (χ4n) is 2.21. The highest BCUT2D eigenvalue weighted by Crippen LogP contribution is 2.56. The molecule has 1 aromatic carbocycles. The number of ether oxygens (including phenoxy) is 1. The summed E-state index contributed by atoms with van der Waals surface area (Å²) in [5, 5.41) is 0. The Morgan fingerprint density at radius 3 is 1.93 bits per heavy atom. The molecule has 0 saturated heterocycles. The van der Waals surface area contributed by atoms with Crippen LogP contribution in [0, 0.1) is 17.7 Å². The molecular formula is C17H8BrF8NO. The van der Waals surface area contributed by atoms with Crippen LogP contribution in [-0.4, -0.2) is 24.4 Å². The second-order valence-electron chi connectivity index (χ2n) is 5.24. The normalized spacial score (nSPS) is 12.4. The first-order valence-corrected chi connectivity index (χ1v) is 7.96. The van der Waals surface area contributed by atoms with Gasteiger partial charge in [0.25, 0.3) is 0 Å². The highest BCUT2D eigenvalue weighted by molar-refractivity contribution is 9.10. The van der Waals surface area contributed by atoms with E-state index in [1.54, 1.807) is 18.2 Å². The van der Waals surface area contributed by atoms with Gasteiger partial charge in [0.15, 0.2) is 17.3 Å². The van der Waals surface area contributed by atoms with Crippen LogP contribution in [0.15, 0.2) is 34.9 Å². The van der Waals surface area contributed by atoms with Gasteiger partial charge in [-0.1, -0.05) is 24.1 Å². The SMILES string of the molecule is COc1c(C#Cc2ccccc2)nc(Br)c(F)c1C(F)(C(F)(F)F)C(F)(F)F. The van der Waals surface area contributed by atoms with Crippen LogP contribution in [0.4, 0.5) is 35.1 Å². The minimum atomic E-state index is -6.54. The fourth-order valence-corrected chi connectivity index (χ4v) is 2.58. The third-order valence-electron chi connectivity index (χ3n) is 3.48. The van der Waals surface area contributed by atoms with Crippen LogP contribution in [0.5, 0.6) is 5.75 Å². The van der Waals surface area contributed by atoms with Crippen molar-refractivity contribution in [3.05, 3.63) is 57.6 Å². The Morgan fingerprint density at radius 2 is 1.46 bits per heavy atom. The molecule has 0 aliphatic carbocycles. The molecule has 1 aromatic heterocycles. The third kappa shape index (κ3) is 3.78. The maximum atomic E-state index is 14.5. The van der Waals surface area contributed by atoms with E-state index < -0.39 is 45.4 Å². The van der Waals surface area contributed by atoms with Gasteiger partial charge < -0.3 is 4.74 Å². The predicted molar refractivity (Wildman–Crippen MR) is 85.8 cm³/mol. The number of pyridine rings is 1. The van der Waals surface area contributed by atoms with E-state index in [2.05, 4.69) is 37.5 Å². The van der Waals surface area contributed by atoms with Gasteiger partial charge in [-0.2, -0.15) is 26.3 Å².